The van der Waals surface area contributed by atoms with Crippen molar-refractivity contribution >= 4 is 16.7 Å². The van der Waals surface area contributed by atoms with Gasteiger partial charge in [-0.1, -0.05) is 54.6 Å². The van der Waals surface area contributed by atoms with Crippen molar-refractivity contribution in [1.29, 1.82) is 0 Å². The molecule has 7 heteroatoms. The van der Waals surface area contributed by atoms with Crippen molar-refractivity contribution in [3.05, 3.63) is 96.7 Å². The van der Waals surface area contributed by atoms with Gasteiger partial charge in [0, 0.05) is 11.6 Å². The van der Waals surface area contributed by atoms with E-state index in [-0.39, 0.29) is 11.7 Å². The molecule has 0 bridgehead atoms. The Hall–Kier alpha value is -4.78. The Bertz CT molecular complexity index is 1500. The van der Waals surface area contributed by atoms with Gasteiger partial charge in [0.1, 0.15) is 23.8 Å². The van der Waals surface area contributed by atoms with E-state index in [1.54, 1.807) is 37.4 Å². The number of hydrogen-bond donors (Lipinski definition) is 2. The molecule has 0 atom stereocenters. The van der Waals surface area contributed by atoms with Crippen molar-refractivity contribution in [2.24, 2.45) is 0 Å². The summed E-state index contributed by atoms with van der Waals surface area (Å²) in [6.07, 6.45) is 1.47. The van der Waals surface area contributed by atoms with E-state index < -0.39 is 0 Å². The van der Waals surface area contributed by atoms with Crippen LogP contribution in [0, 0.1) is 0 Å². The van der Waals surface area contributed by atoms with Crippen LogP contribution < -0.4 is 19.9 Å². The molecule has 0 saturated heterocycles. The molecule has 0 fully saturated rings. The molecule has 5 aromatic rings. The number of aromatic hydroxyl groups is 1. The Morgan fingerprint density at radius 2 is 1.63 bits per heavy atom. The Labute approximate surface area is 202 Å². The second kappa shape index (κ2) is 9.61. The molecule has 1 aromatic heterocycles. The average Bonchev–Trinajstić information content (AvgIpc) is 2.89. The van der Waals surface area contributed by atoms with Gasteiger partial charge in [-0.25, -0.2) is 9.97 Å². The number of nitrogens with zero attached hydrogens (tertiary/aromatic N) is 2. The van der Waals surface area contributed by atoms with Crippen molar-refractivity contribution in [1.82, 2.24) is 9.97 Å². The van der Waals surface area contributed by atoms with Crippen molar-refractivity contribution < 1.29 is 19.3 Å². The van der Waals surface area contributed by atoms with Gasteiger partial charge in [0.05, 0.1) is 13.3 Å². The van der Waals surface area contributed by atoms with Crippen molar-refractivity contribution in [3.63, 3.8) is 0 Å². The summed E-state index contributed by atoms with van der Waals surface area (Å²) >= 11 is 0. The Kier molecular flexibility index (Phi) is 6.05. The highest BCUT2D eigenvalue weighted by molar-refractivity contribution is 5.85. The molecule has 0 saturated carbocycles. The third-order valence-electron chi connectivity index (χ3n) is 5.56. The summed E-state index contributed by atoms with van der Waals surface area (Å²) in [5.41, 5.74) is 7.68. The third-order valence-corrected chi connectivity index (χ3v) is 5.56. The van der Waals surface area contributed by atoms with Crippen LogP contribution >= 0.6 is 0 Å². The van der Waals surface area contributed by atoms with E-state index in [2.05, 4.69) is 28.2 Å². The fourth-order valence-corrected chi connectivity index (χ4v) is 3.85. The van der Waals surface area contributed by atoms with Gasteiger partial charge in [0.25, 0.3) is 0 Å². The van der Waals surface area contributed by atoms with E-state index in [0.29, 0.717) is 40.9 Å². The number of rotatable bonds is 7. The largest absolute Gasteiger partial charge is 0.507 e. The number of para-hydroxylation sites is 2. The lowest BCUT2D eigenvalue weighted by Gasteiger charge is -2.14. The van der Waals surface area contributed by atoms with Crippen LogP contribution in [0.15, 0.2) is 91.1 Å². The Balaban J connectivity index is 1.42. The number of hydrogen-bond acceptors (Lipinski definition) is 7. The molecular weight excluding hydrogens is 442 g/mol. The lowest BCUT2D eigenvalue weighted by atomic mass is 10.1. The number of benzene rings is 4. The van der Waals surface area contributed by atoms with Crippen molar-refractivity contribution in [3.8, 4) is 40.0 Å². The van der Waals surface area contributed by atoms with Crippen LogP contribution in [0.25, 0.3) is 22.0 Å². The van der Waals surface area contributed by atoms with Crippen molar-refractivity contribution in [2.45, 2.75) is 6.61 Å². The second-order valence-corrected chi connectivity index (χ2v) is 7.80. The zero-order valence-corrected chi connectivity index (χ0v) is 19.0. The molecule has 0 unspecified atom stereocenters. The first-order valence-electron chi connectivity index (χ1n) is 11.0. The van der Waals surface area contributed by atoms with Gasteiger partial charge >= 0.3 is 0 Å². The number of nitrogen functional groups attached to an aromatic ring is 1. The van der Waals surface area contributed by atoms with E-state index in [1.165, 1.54) is 6.20 Å². The van der Waals surface area contributed by atoms with Crippen LogP contribution in [-0.4, -0.2) is 22.2 Å². The number of phenols is 1. The lowest BCUT2D eigenvalue weighted by molar-refractivity contribution is 0.306. The molecular formula is C28H23N3O4. The maximum absolute atomic E-state index is 10.8. The first-order valence-corrected chi connectivity index (χ1v) is 11.0. The van der Waals surface area contributed by atoms with E-state index in [0.717, 1.165) is 16.3 Å². The third kappa shape index (κ3) is 4.65. The molecule has 35 heavy (non-hydrogen) atoms. The molecule has 0 aliphatic rings. The fraction of sp³-hybridized carbons (Fsp3) is 0.0714. The summed E-state index contributed by atoms with van der Waals surface area (Å²) in [6.45, 7) is 0.364. The molecule has 7 nitrogen and oxygen atoms in total. The number of nitrogens with two attached hydrogens (primary N) is 1. The fourth-order valence-electron chi connectivity index (χ4n) is 3.85. The summed E-state index contributed by atoms with van der Waals surface area (Å²) in [5, 5.41) is 13.1. The summed E-state index contributed by atoms with van der Waals surface area (Å²) in [7, 11) is 1.56. The van der Waals surface area contributed by atoms with Crippen LogP contribution in [-0.2, 0) is 6.61 Å². The number of methoxy groups -OCH3 is 1. The van der Waals surface area contributed by atoms with E-state index >= 15 is 0 Å². The quantitative estimate of drug-likeness (QED) is 0.306. The molecule has 4 aromatic carbocycles. The van der Waals surface area contributed by atoms with Gasteiger partial charge in [-0.05, 0) is 40.6 Å². The van der Waals surface area contributed by atoms with Gasteiger partial charge in [0.15, 0.2) is 17.2 Å². The number of anilines is 1. The first-order chi connectivity index (χ1) is 17.1. The topological polar surface area (TPSA) is 99.7 Å². The van der Waals surface area contributed by atoms with Crippen LogP contribution in [0.5, 0.6) is 28.7 Å². The smallest absolute Gasteiger partial charge is 0.220 e. The minimum absolute atomic E-state index is 0.0246. The second-order valence-electron chi connectivity index (χ2n) is 7.80. The summed E-state index contributed by atoms with van der Waals surface area (Å²) < 4.78 is 17.4. The van der Waals surface area contributed by atoms with Crippen LogP contribution in [0.4, 0.5) is 5.95 Å². The van der Waals surface area contributed by atoms with Crippen molar-refractivity contribution in [2.75, 3.05) is 12.8 Å². The van der Waals surface area contributed by atoms with Crippen LogP contribution in [0.1, 0.15) is 5.56 Å². The standard InChI is InChI=1S/C28H23N3O4/c1-33-24-11-4-5-12-25(24)35-26-16-30-28(29)31-27(26)22-14-13-20(15-23(22)32)34-17-19-9-6-8-18-7-2-3-10-21(18)19/h2-16,32H,17H2,1H3,(H2,29,30,31). The SMILES string of the molecule is COc1ccccc1Oc1cnc(N)nc1-c1ccc(OCc2cccc3ccccc23)cc1O. The number of ether oxygens (including phenoxy) is 3. The molecule has 3 N–H and O–H groups in total. The summed E-state index contributed by atoms with van der Waals surface area (Å²) in [5.74, 6) is 1.92. The zero-order valence-electron chi connectivity index (χ0n) is 19.0. The molecule has 0 radical (unpaired) electrons. The zero-order chi connectivity index (χ0) is 24.2. The number of phenolic OH excluding ortho intramolecular Hbond substituents is 1. The minimum atomic E-state index is -0.0246. The monoisotopic (exact) mass is 465 g/mol. The normalized spacial score (nSPS) is 10.8. The average molecular weight is 466 g/mol. The molecule has 0 amide bonds. The van der Waals surface area contributed by atoms with E-state index in [4.69, 9.17) is 19.9 Å². The molecule has 0 aliphatic carbocycles. The van der Waals surface area contributed by atoms with Gasteiger partial charge in [-0.3, -0.25) is 0 Å². The highest BCUT2D eigenvalue weighted by atomic mass is 16.5. The predicted octanol–water partition coefficient (Wildman–Crippen LogP) is 5.96. The molecule has 0 spiro atoms. The minimum Gasteiger partial charge on any atom is -0.507 e. The molecule has 5 rings (SSSR count). The lowest BCUT2D eigenvalue weighted by Crippen LogP contribution is -2.00. The maximum atomic E-state index is 10.8. The Morgan fingerprint density at radius 3 is 2.46 bits per heavy atom. The maximum Gasteiger partial charge on any atom is 0.220 e. The first kappa shape index (κ1) is 22.0. The highest BCUT2D eigenvalue weighted by Crippen LogP contribution is 2.40. The number of aromatic nitrogens is 2. The molecule has 0 aliphatic heterocycles. The van der Waals surface area contributed by atoms with Crippen LogP contribution in [0.3, 0.4) is 0 Å². The summed E-state index contributed by atoms with van der Waals surface area (Å²) in [4.78, 5) is 8.36. The molecule has 174 valence electrons. The van der Waals surface area contributed by atoms with E-state index in [1.807, 2.05) is 36.4 Å². The van der Waals surface area contributed by atoms with Gasteiger partial charge in [-0.2, -0.15) is 0 Å². The van der Waals surface area contributed by atoms with Crippen LogP contribution in [0.2, 0.25) is 0 Å². The highest BCUT2D eigenvalue weighted by Gasteiger charge is 2.17. The summed E-state index contributed by atoms with van der Waals surface area (Å²) in [6, 6.07) is 26.5. The van der Waals surface area contributed by atoms with Gasteiger partial charge in [-0.15, -0.1) is 0 Å². The van der Waals surface area contributed by atoms with Gasteiger partial charge in [0.2, 0.25) is 5.95 Å². The van der Waals surface area contributed by atoms with E-state index in [9.17, 15) is 5.11 Å². The Morgan fingerprint density at radius 1 is 0.857 bits per heavy atom. The van der Waals surface area contributed by atoms with Gasteiger partial charge < -0.3 is 25.1 Å². The molecule has 1 heterocycles. The number of fused-ring (bicyclic) bond motifs is 1. The predicted molar refractivity (Wildman–Crippen MR) is 135 cm³/mol.